The lowest BCUT2D eigenvalue weighted by atomic mass is 10.2. The lowest BCUT2D eigenvalue weighted by Crippen LogP contribution is -2.16. The van der Waals surface area contributed by atoms with Crippen LogP contribution in [0.4, 0.5) is 5.69 Å². The molecule has 19 heavy (non-hydrogen) atoms. The molecule has 0 aliphatic heterocycles. The lowest BCUT2D eigenvalue weighted by molar-refractivity contribution is 0.0600. The molecule has 0 bridgehead atoms. The monoisotopic (exact) mass is 287 g/mol. The summed E-state index contributed by atoms with van der Waals surface area (Å²) in [4.78, 5) is 11.2. The topological polar surface area (TPSA) is 92.7 Å². The quantitative estimate of drug-likeness (QED) is 0.614. The van der Waals surface area contributed by atoms with Crippen LogP contribution in [0.5, 0.6) is 5.75 Å². The minimum Gasteiger partial charge on any atom is -0.506 e. The fourth-order valence-electron chi connectivity index (χ4n) is 1.42. The zero-order valence-electron chi connectivity index (χ0n) is 10.8. The number of rotatable bonds is 6. The maximum Gasteiger partial charge on any atom is 0.337 e. The van der Waals surface area contributed by atoms with Gasteiger partial charge in [-0.25, -0.2) is 13.2 Å². The van der Waals surface area contributed by atoms with Crippen LogP contribution in [0.2, 0.25) is 0 Å². The van der Waals surface area contributed by atoms with Crippen molar-refractivity contribution in [3.63, 3.8) is 0 Å². The highest BCUT2D eigenvalue weighted by molar-refractivity contribution is 7.92. The maximum atomic E-state index is 11.7. The third-order valence-corrected chi connectivity index (χ3v) is 3.81. The molecule has 0 aliphatic carbocycles. The Kier molecular flexibility index (Phi) is 5.17. The average molecular weight is 287 g/mol. The van der Waals surface area contributed by atoms with Crippen LogP contribution in [0.15, 0.2) is 18.2 Å². The van der Waals surface area contributed by atoms with Crippen LogP contribution in [0, 0.1) is 0 Å². The molecule has 6 nitrogen and oxygen atoms in total. The number of anilines is 1. The van der Waals surface area contributed by atoms with Crippen molar-refractivity contribution >= 4 is 21.7 Å². The second kappa shape index (κ2) is 6.42. The molecule has 0 aliphatic rings. The zero-order chi connectivity index (χ0) is 14.5. The number of aromatic hydroxyl groups is 1. The molecule has 0 aromatic heterocycles. The van der Waals surface area contributed by atoms with Gasteiger partial charge in [0.1, 0.15) is 5.75 Å². The van der Waals surface area contributed by atoms with Crippen LogP contribution >= 0.6 is 0 Å². The van der Waals surface area contributed by atoms with Crippen LogP contribution in [0.25, 0.3) is 0 Å². The van der Waals surface area contributed by atoms with Crippen molar-refractivity contribution in [3.8, 4) is 5.75 Å². The highest BCUT2D eigenvalue weighted by Gasteiger charge is 2.14. The number of phenols is 1. The fourth-order valence-corrected chi connectivity index (χ4v) is 2.69. The summed E-state index contributed by atoms with van der Waals surface area (Å²) in [5.41, 5.74) is 0.195. The zero-order valence-corrected chi connectivity index (χ0v) is 11.7. The van der Waals surface area contributed by atoms with Gasteiger partial charge in [0.05, 0.1) is 24.1 Å². The molecule has 0 atom stereocenters. The minimum absolute atomic E-state index is 0.0122. The lowest BCUT2D eigenvalue weighted by Gasteiger charge is -2.10. The number of unbranched alkanes of at least 4 members (excludes halogenated alkanes) is 1. The van der Waals surface area contributed by atoms with Crippen LogP contribution in [0.1, 0.15) is 30.1 Å². The standard InChI is InChI=1S/C12H17NO5S/c1-3-4-7-19(16,17)13-10-6-5-9(8-11(10)14)12(15)18-2/h5-6,8,13-14H,3-4,7H2,1-2H3. The largest absolute Gasteiger partial charge is 0.506 e. The first-order valence-electron chi connectivity index (χ1n) is 5.81. The molecule has 7 heteroatoms. The highest BCUT2D eigenvalue weighted by Crippen LogP contribution is 2.25. The number of carbonyl (C=O) groups excluding carboxylic acids is 1. The number of ether oxygens (including phenoxy) is 1. The van der Waals surface area contributed by atoms with E-state index < -0.39 is 16.0 Å². The van der Waals surface area contributed by atoms with Gasteiger partial charge in [0, 0.05) is 0 Å². The predicted octanol–water partition coefficient (Wildman–Crippen LogP) is 1.72. The van der Waals surface area contributed by atoms with Crippen molar-refractivity contribution in [2.75, 3.05) is 17.6 Å². The van der Waals surface area contributed by atoms with Gasteiger partial charge in [-0.2, -0.15) is 0 Å². The molecule has 0 spiro atoms. The summed E-state index contributed by atoms with van der Waals surface area (Å²) in [5, 5.41) is 9.69. The van der Waals surface area contributed by atoms with E-state index in [1.807, 2.05) is 6.92 Å². The Morgan fingerprint density at radius 3 is 2.63 bits per heavy atom. The highest BCUT2D eigenvalue weighted by atomic mass is 32.2. The van der Waals surface area contributed by atoms with E-state index in [2.05, 4.69) is 9.46 Å². The number of hydrogen-bond donors (Lipinski definition) is 2. The van der Waals surface area contributed by atoms with Gasteiger partial charge in [-0.3, -0.25) is 4.72 Å². The van der Waals surface area contributed by atoms with Crippen molar-refractivity contribution in [3.05, 3.63) is 23.8 Å². The van der Waals surface area contributed by atoms with Crippen LogP contribution < -0.4 is 4.72 Å². The first-order chi connectivity index (χ1) is 8.89. The number of hydrogen-bond acceptors (Lipinski definition) is 5. The van der Waals surface area contributed by atoms with Gasteiger partial charge in [-0.15, -0.1) is 0 Å². The van der Waals surface area contributed by atoms with E-state index in [-0.39, 0.29) is 22.8 Å². The Morgan fingerprint density at radius 2 is 2.11 bits per heavy atom. The fraction of sp³-hybridized carbons (Fsp3) is 0.417. The van der Waals surface area contributed by atoms with Gasteiger partial charge in [0.2, 0.25) is 10.0 Å². The Balaban J connectivity index is 2.89. The number of sulfonamides is 1. The molecule has 0 unspecified atom stereocenters. The average Bonchev–Trinajstić information content (AvgIpc) is 2.37. The third-order valence-electron chi connectivity index (χ3n) is 2.45. The van der Waals surface area contributed by atoms with Gasteiger partial charge in [0.25, 0.3) is 0 Å². The van der Waals surface area contributed by atoms with Gasteiger partial charge >= 0.3 is 5.97 Å². The van der Waals surface area contributed by atoms with E-state index in [1.165, 1.54) is 19.2 Å². The normalized spacial score (nSPS) is 11.1. The van der Waals surface area contributed by atoms with Crippen molar-refractivity contribution in [1.29, 1.82) is 0 Å². The molecule has 0 fully saturated rings. The second-order valence-corrected chi connectivity index (χ2v) is 5.84. The molecule has 0 heterocycles. The Labute approximate surface area is 112 Å². The van der Waals surface area contributed by atoms with Crippen molar-refractivity contribution < 1.29 is 23.1 Å². The molecule has 0 saturated carbocycles. The number of methoxy groups -OCH3 is 1. The summed E-state index contributed by atoms with van der Waals surface area (Å²) < 4.78 is 30.1. The Bertz CT molecular complexity index is 553. The van der Waals surface area contributed by atoms with E-state index in [1.54, 1.807) is 0 Å². The van der Waals surface area contributed by atoms with E-state index in [4.69, 9.17) is 0 Å². The Morgan fingerprint density at radius 1 is 1.42 bits per heavy atom. The molecule has 0 saturated heterocycles. The number of carbonyl (C=O) groups is 1. The van der Waals surface area contributed by atoms with E-state index in [0.29, 0.717) is 6.42 Å². The van der Waals surface area contributed by atoms with E-state index >= 15 is 0 Å². The number of phenolic OH excluding ortho intramolecular Hbond substituents is 1. The van der Waals surface area contributed by atoms with Gasteiger partial charge in [-0.1, -0.05) is 13.3 Å². The molecular formula is C12H17NO5S. The van der Waals surface area contributed by atoms with Crippen LogP contribution in [-0.4, -0.2) is 32.4 Å². The van der Waals surface area contributed by atoms with Crippen LogP contribution in [-0.2, 0) is 14.8 Å². The molecule has 0 radical (unpaired) electrons. The summed E-state index contributed by atoms with van der Waals surface area (Å²) in [7, 11) is -2.26. The maximum absolute atomic E-state index is 11.7. The molecule has 1 aromatic carbocycles. The SMILES string of the molecule is CCCCS(=O)(=O)Nc1ccc(C(=O)OC)cc1O. The molecule has 1 rings (SSSR count). The smallest absolute Gasteiger partial charge is 0.337 e. The van der Waals surface area contributed by atoms with Crippen molar-refractivity contribution in [2.45, 2.75) is 19.8 Å². The van der Waals surface area contributed by atoms with Gasteiger partial charge in [0.15, 0.2) is 0 Å². The molecular weight excluding hydrogens is 270 g/mol. The van der Waals surface area contributed by atoms with E-state index in [9.17, 15) is 18.3 Å². The third kappa shape index (κ3) is 4.44. The molecule has 2 N–H and O–H groups in total. The summed E-state index contributed by atoms with van der Waals surface area (Å²) in [6.45, 7) is 1.89. The van der Waals surface area contributed by atoms with Crippen LogP contribution in [0.3, 0.4) is 0 Å². The Hall–Kier alpha value is -1.76. The number of esters is 1. The molecule has 0 amide bonds. The number of nitrogens with one attached hydrogen (secondary N) is 1. The van der Waals surface area contributed by atoms with Crippen molar-refractivity contribution in [2.24, 2.45) is 0 Å². The first kappa shape index (κ1) is 15.3. The minimum atomic E-state index is -3.48. The molecule has 1 aromatic rings. The van der Waals surface area contributed by atoms with Crippen molar-refractivity contribution in [1.82, 2.24) is 0 Å². The summed E-state index contributed by atoms with van der Waals surface area (Å²) in [6.07, 6.45) is 1.30. The van der Waals surface area contributed by atoms with E-state index in [0.717, 1.165) is 12.5 Å². The molecule has 106 valence electrons. The number of benzene rings is 1. The first-order valence-corrected chi connectivity index (χ1v) is 7.46. The summed E-state index contributed by atoms with van der Waals surface area (Å²) in [5.74, 6) is -0.930. The second-order valence-electron chi connectivity index (χ2n) is 4.00. The summed E-state index contributed by atoms with van der Waals surface area (Å²) >= 11 is 0. The summed E-state index contributed by atoms with van der Waals surface area (Å²) in [6, 6.07) is 3.86. The van der Waals surface area contributed by atoms with Gasteiger partial charge < -0.3 is 9.84 Å². The predicted molar refractivity (Wildman–Crippen MR) is 71.8 cm³/mol. The van der Waals surface area contributed by atoms with Gasteiger partial charge in [-0.05, 0) is 24.6 Å².